The van der Waals surface area contributed by atoms with Crippen molar-refractivity contribution in [1.82, 2.24) is 9.88 Å². The third-order valence-electron chi connectivity index (χ3n) is 5.89. The van der Waals surface area contributed by atoms with Gasteiger partial charge < -0.3 is 10.4 Å². The fourth-order valence-electron chi connectivity index (χ4n) is 4.02. The van der Waals surface area contributed by atoms with Crippen LogP contribution in [0, 0.1) is 0 Å². The lowest BCUT2D eigenvalue weighted by Gasteiger charge is -2.25. The van der Waals surface area contributed by atoms with Gasteiger partial charge in [0.1, 0.15) is 0 Å². The first-order chi connectivity index (χ1) is 17.2. The van der Waals surface area contributed by atoms with Crippen molar-refractivity contribution in [2.24, 2.45) is 0 Å². The van der Waals surface area contributed by atoms with Crippen molar-refractivity contribution in [2.45, 2.75) is 25.5 Å². The van der Waals surface area contributed by atoms with Gasteiger partial charge in [0.05, 0.1) is 12.5 Å². The molecule has 0 radical (unpaired) electrons. The number of hydrogen-bond donors (Lipinski definition) is 2. The monoisotopic (exact) mass is 465 g/mol. The highest BCUT2D eigenvalue weighted by Crippen LogP contribution is 2.17. The van der Waals surface area contributed by atoms with Gasteiger partial charge in [0.25, 0.3) is 0 Å². The standard InChI is InChI=1S/C30H31N3O2/c34-29(26-11-5-2-6-12-26)23-33(22-25-9-3-1-4-10-25)20-18-24-14-16-27(17-15-24)32-30(35)21-28-13-7-8-19-31-28/h1-17,19,29,34H,18,20-23H2,(H,32,35). The molecule has 0 spiro atoms. The topological polar surface area (TPSA) is 65.5 Å². The van der Waals surface area contributed by atoms with Gasteiger partial charge in [-0.2, -0.15) is 0 Å². The van der Waals surface area contributed by atoms with Crippen molar-refractivity contribution in [1.29, 1.82) is 0 Å². The lowest BCUT2D eigenvalue weighted by atomic mass is 10.1. The number of anilines is 1. The van der Waals surface area contributed by atoms with Crippen molar-refractivity contribution < 1.29 is 9.90 Å². The smallest absolute Gasteiger partial charge is 0.230 e. The Hall–Kier alpha value is -3.80. The van der Waals surface area contributed by atoms with Crippen LogP contribution < -0.4 is 5.32 Å². The van der Waals surface area contributed by atoms with E-state index in [1.807, 2.05) is 91.0 Å². The molecule has 0 aliphatic heterocycles. The van der Waals surface area contributed by atoms with Gasteiger partial charge in [0.15, 0.2) is 0 Å². The minimum atomic E-state index is -0.545. The van der Waals surface area contributed by atoms with E-state index in [1.54, 1.807) is 6.20 Å². The minimum Gasteiger partial charge on any atom is -0.387 e. The number of hydrogen-bond acceptors (Lipinski definition) is 4. The number of carbonyl (C=O) groups is 1. The van der Waals surface area contributed by atoms with Gasteiger partial charge in [0, 0.05) is 37.2 Å². The lowest BCUT2D eigenvalue weighted by Crippen LogP contribution is -2.30. The quantitative estimate of drug-likeness (QED) is 0.326. The van der Waals surface area contributed by atoms with Crippen LogP contribution in [-0.2, 0) is 24.2 Å². The van der Waals surface area contributed by atoms with Gasteiger partial charge in [-0.25, -0.2) is 0 Å². The molecule has 1 atom stereocenters. The van der Waals surface area contributed by atoms with Crippen molar-refractivity contribution >= 4 is 11.6 Å². The predicted octanol–water partition coefficient (Wildman–Crippen LogP) is 5.04. The highest BCUT2D eigenvalue weighted by atomic mass is 16.3. The second-order valence-corrected chi connectivity index (χ2v) is 8.64. The number of aliphatic hydroxyl groups excluding tert-OH is 1. The van der Waals surface area contributed by atoms with Crippen LogP contribution in [0.2, 0.25) is 0 Å². The van der Waals surface area contributed by atoms with Crippen molar-refractivity contribution in [3.63, 3.8) is 0 Å². The van der Waals surface area contributed by atoms with E-state index in [-0.39, 0.29) is 12.3 Å². The Balaban J connectivity index is 1.34. The maximum Gasteiger partial charge on any atom is 0.230 e. The number of nitrogens with one attached hydrogen (secondary N) is 1. The van der Waals surface area contributed by atoms with E-state index in [2.05, 4.69) is 27.3 Å². The number of nitrogens with zero attached hydrogens (tertiary/aromatic N) is 2. The Morgan fingerprint density at radius 2 is 1.51 bits per heavy atom. The van der Waals surface area contributed by atoms with Gasteiger partial charge in [-0.3, -0.25) is 14.7 Å². The summed E-state index contributed by atoms with van der Waals surface area (Å²) in [5, 5.41) is 13.7. The van der Waals surface area contributed by atoms with E-state index >= 15 is 0 Å². The normalized spacial score (nSPS) is 11.8. The van der Waals surface area contributed by atoms with Gasteiger partial charge in [-0.15, -0.1) is 0 Å². The highest BCUT2D eigenvalue weighted by Gasteiger charge is 2.14. The van der Waals surface area contributed by atoms with Crippen LogP contribution in [-0.4, -0.2) is 34.0 Å². The zero-order valence-electron chi connectivity index (χ0n) is 19.8. The molecule has 0 saturated carbocycles. The van der Waals surface area contributed by atoms with Crippen molar-refractivity contribution in [3.05, 3.63) is 132 Å². The molecule has 0 bridgehead atoms. The summed E-state index contributed by atoms with van der Waals surface area (Å²) in [5.41, 5.74) is 4.85. The lowest BCUT2D eigenvalue weighted by molar-refractivity contribution is -0.115. The average molecular weight is 466 g/mol. The molecule has 0 fully saturated rings. The number of aromatic nitrogens is 1. The first kappa shape index (κ1) is 24.3. The van der Waals surface area contributed by atoms with E-state index in [0.29, 0.717) is 6.54 Å². The maximum atomic E-state index is 12.3. The van der Waals surface area contributed by atoms with E-state index in [1.165, 1.54) is 11.1 Å². The molecule has 178 valence electrons. The Kier molecular flexibility index (Phi) is 8.76. The third-order valence-corrected chi connectivity index (χ3v) is 5.89. The molecular formula is C30H31N3O2. The summed E-state index contributed by atoms with van der Waals surface area (Å²) in [7, 11) is 0. The van der Waals surface area contributed by atoms with Gasteiger partial charge >= 0.3 is 0 Å². The summed E-state index contributed by atoms with van der Waals surface area (Å²) in [6.45, 7) is 2.14. The van der Waals surface area contributed by atoms with Gasteiger partial charge in [-0.05, 0) is 47.4 Å². The van der Waals surface area contributed by atoms with Crippen molar-refractivity contribution in [3.8, 4) is 0 Å². The first-order valence-electron chi connectivity index (χ1n) is 11.9. The molecule has 1 amide bonds. The van der Waals surface area contributed by atoms with E-state index in [9.17, 15) is 9.90 Å². The number of pyridine rings is 1. The summed E-state index contributed by atoms with van der Waals surface area (Å²) in [5.74, 6) is -0.0830. The fourth-order valence-corrected chi connectivity index (χ4v) is 4.02. The first-order valence-corrected chi connectivity index (χ1v) is 11.9. The summed E-state index contributed by atoms with van der Waals surface area (Å²) >= 11 is 0. The molecule has 35 heavy (non-hydrogen) atoms. The zero-order chi connectivity index (χ0) is 24.3. The maximum absolute atomic E-state index is 12.3. The summed E-state index contributed by atoms with van der Waals surface area (Å²) in [6, 6.07) is 33.7. The molecule has 0 saturated heterocycles. The Bertz CT molecular complexity index is 1170. The van der Waals surface area contributed by atoms with Crippen LogP contribution in [0.5, 0.6) is 0 Å². The molecule has 1 unspecified atom stereocenters. The van der Waals surface area contributed by atoms with E-state index in [0.717, 1.165) is 36.5 Å². The second-order valence-electron chi connectivity index (χ2n) is 8.64. The number of rotatable bonds is 11. The average Bonchev–Trinajstić information content (AvgIpc) is 2.90. The molecule has 0 aliphatic carbocycles. The fraction of sp³-hybridized carbons (Fsp3) is 0.200. The van der Waals surface area contributed by atoms with Crippen molar-refractivity contribution in [2.75, 3.05) is 18.4 Å². The third kappa shape index (κ3) is 7.88. The Morgan fingerprint density at radius 3 is 2.20 bits per heavy atom. The van der Waals surface area contributed by atoms with Crippen LogP contribution >= 0.6 is 0 Å². The van der Waals surface area contributed by atoms with Crippen LogP contribution in [0.3, 0.4) is 0 Å². The molecule has 3 aromatic carbocycles. The number of aliphatic hydroxyl groups is 1. The molecule has 5 nitrogen and oxygen atoms in total. The molecule has 4 rings (SSSR count). The van der Waals surface area contributed by atoms with E-state index in [4.69, 9.17) is 0 Å². The highest BCUT2D eigenvalue weighted by molar-refractivity contribution is 5.92. The number of amides is 1. The van der Waals surface area contributed by atoms with Crippen LogP contribution in [0.15, 0.2) is 109 Å². The number of carbonyl (C=O) groups excluding carboxylic acids is 1. The van der Waals surface area contributed by atoms with Crippen LogP contribution in [0.4, 0.5) is 5.69 Å². The SMILES string of the molecule is O=C(Cc1ccccn1)Nc1ccc(CCN(Cc2ccccc2)CC(O)c2ccccc2)cc1. The zero-order valence-corrected chi connectivity index (χ0v) is 19.8. The molecule has 4 aromatic rings. The molecular weight excluding hydrogens is 434 g/mol. The largest absolute Gasteiger partial charge is 0.387 e. The van der Waals surface area contributed by atoms with Crippen LogP contribution in [0.25, 0.3) is 0 Å². The molecule has 5 heteroatoms. The summed E-state index contributed by atoms with van der Waals surface area (Å²) in [6.07, 6.45) is 2.24. The van der Waals surface area contributed by atoms with Crippen LogP contribution in [0.1, 0.15) is 28.5 Å². The molecule has 0 aliphatic rings. The molecule has 1 aromatic heterocycles. The number of benzene rings is 3. The van der Waals surface area contributed by atoms with Gasteiger partial charge in [-0.1, -0.05) is 78.9 Å². The molecule has 1 heterocycles. The van der Waals surface area contributed by atoms with E-state index < -0.39 is 6.10 Å². The Labute approximate surface area is 207 Å². The summed E-state index contributed by atoms with van der Waals surface area (Å²) < 4.78 is 0. The Morgan fingerprint density at radius 1 is 0.829 bits per heavy atom. The second kappa shape index (κ2) is 12.6. The predicted molar refractivity (Wildman–Crippen MR) is 140 cm³/mol. The van der Waals surface area contributed by atoms with Gasteiger partial charge in [0.2, 0.25) is 5.91 Å². The minimum absolute atomic E-state index is 0.0830. The summed E-state index contributed by atoms with van der Waals surface area (Å²) in [4.78, 5) is 18.8. The molecule has 2 N–H and O–H groups in total.